The summed E-state index contributed by atoms with van der Waals surface area (Å²) in [6.07, 6.45) is 0. The van der Waals surface area contributed by atoms with Crippen LogP contribution < -0.4 is 0 Å². The summed E-state index contributed by atoms with van der Waals surface area (Å²) >= 11 is 5.59. The van der Waals surface area contributed by atoms with Crippen molar-refractivity contribution in [1.82, 2.24) is 0 Å². The fraction of sp³-hybridized carbons (Fsp3) is 0.143. The number of nitro groups is 1. The lowest BCUT2D eigenvalue weighted by Crippen LogP contribution is -1.87. The van der Waals surface area contributed by atoms with Gasteiger partial charge in [0, 0.05) is 38.5 Å². The summed E-state index contributed by atoms with van der Waals surface area (Å²) in [4.78, 5) is 9.79. The summed E-state index contributed by atoms with van der Waals surface area (Å²) in [5.41, 5.74) is 0.833. The van der Waals surface area contributed by atoms with Crippen LogP contribution in [0.2, 0.25) is 5.02 Å². The van der Waals surface area contributed by atoms with E-state index in [4.69, 9.17) is 20.0 Å². The summed E-state index contributed by atoms with van der Waals surface area (Å²) < 4.78 is 18.3. The second kappa shape index (κ2) is 6.24. The highest BCUT2D eigenvalue weighted by Gasteiger charge is 2.05. The predicted molar refractivity (Wildman–Crippen MR) is 63.5 cm³/mol. The Hall–Kier alpha value is -0.560. The summed E-state index contributed by atoms with van der Waals surface area (Å²) in [5.74, 6) is 0. The van der Waals surface area contributed by atoms with Gasteiger partial charge in [0.05, 0.1) is 4.92 Å². The van der Waals surface area contributed by atoms with E-state index in [1.165, 1.54) is 12.1 Å². The van der Waals surface area contributed by atoms with Gasteiger partial charge in [0.1, 0.15) is 0 Å². The van der Waals surface area contributed by atoms with E-state index in [9.17, 15) is 10.1 Å². The van der Waals surface area contributed by atoms with Gasteiger partial charge in [-0.15, -0.1) is 0 Å². The molecule has 0 aliphatic heterocycles. The SMILES string of the molecule is Cc1cc(Cl)cc([N+](=O)[O-])c1.O=S(=O)(Cl)Cl. The third kappa shape index (κ3) is 8.72. The summed E-state index contributed by atoms with van der Waals surface area (Å²) in [5, 5.41) is 10.7. The van der Waals surface area contributed by atoms with Crippen molar-refractivity contribution in [2.24, 2.45) is 0 Å². The lowest BCUT2D eigenvalue weighted by atomic mass is 10.2. The van der Waals surface area contributed by atoms with Crippen molar-refractivity contribution in [3.8, 4) is 0 Å². The van der Waals surface area contributed by atoms with E-state index in [1.807, 2.05) is 0 Å². The zero-order valence-corrected chi connectivity index (χ0v) is 10.9. The molecule has 0 bridgehead atoms. The van der Waals surface area contributed by atoms with Gasteiger partial charge < -0.3 is 0 Å². The van der Waals surface area contributed by atoms with Gasteiger partial charge in [-0.3, -0.25) is 10.1 Å². The lowest BCUT2D eigenvalue weighted by molar-refractivity contribution is -0.384. The van der Waals surface area contributed by atoms with E-state index in [0.29, 0.717) is 5.02 Å². The van der Waals surface area contributed by atoms with E-state index in [0.717, 1.165) is 5.56 Å². The minimum absolute atomic E-state index is 0.0370. The second-order valence-electron chi connectivity index (χ2n) is 2.62. The van der Waals surface area contributed by atoms with Crippen LogP contribution in [0.1, 0.15) is 5.56 Å². The highest BCUT2D eigenvalue weighted by atomic mass is 36.0. The number of halogens is 3. The molecule has 16 heavy (non-hydrogen) atoms. The first-order valence-electron chi connectivity index (χ1n) is 3.65. The van der Waals surface area contributed by atoms with Gasteiger partial charge >= 0.3 is 8.26 Å². The molecular formula is C7H6Cl3NO4S. The molecule has 0 aliphatic rings. The third-order valence-electron chi connectivity index (χ3n) is 1.24. The molecule has 1 rings (SSSR count). The normalized spacial score (nSPS) is 10.2. The summed E-state index contributed by atoms with van der Waals surface area (Å²) in [7, 11) is 4.81. The van der Waals surface area contributed by atoms with Crippen LogP contribution in [0.4, 0.5) is 5.69 Å². The molecule has 0 aliphatic carbocycles. The van der Waals surface area contributed by atoms with E-state index in [-0.39, 0.29) is 5.69 Å². The number of rotatable bonds is 1. The molecule has 0 saturated carbocycles. The minimum atomic E-state index is -3.72. The van der Waals surface area contributed by atoms with Crippen LogP contribution in [0.25, 0.3) is 0 Å². The molecule has 90 valence electrons. The highest BCUT2D eigenvalue weighted by Crippen LogP contribution is 2.19. The molecule has 1 aromatic carbocycles. The van der Waals surface area contributed by atoms with Gasteiger partial charge in [-0.1, -0.05) is 11.6 Å². The maximum Gasteiger partial charge on any atom is 0.317 e. The molecule has 0 amide bonds. The molecule has 0 spiro atoms. The van der Waals surface area contributed by atoms with Crippen LogP contribution >= 0.6 is 33.0 Å². The molecule has 0 fully saturated rings. The zero-order chi connectivity index (χ0) is 12.9. The van der Waals surface area contributed by atoms with Gasteiger partial charge in [-0.05, 0) is 18.6 Å². The Labute approximate surface area is 106 Å². The monoisotopic (exact) mass is 305 g/mol. The van der Waals surface area contributed by atoms with Crippen LogP contribution in [-0.2, 0) is 8.26 Å². The first kappa shape index (κ1) is 15.4. The Morgan fingerprint density at radius 1 is 1.25 bits per heavy atom. The molecule has 0 unspecified atom stereocenters. The van der Waals surface area contributed by atoms with Gasteiger partial charge in [0.2, 0.25) is 0 Å². The average molecular weight is 307 g/mol. The van der Waals surface area contributed by atoms with E-state index in [2.05, 4.69) is 21.4 Å². The van der Waals surface area contributed by atoms with Crippen LogP contribution in [0.3, 0.4) is 0 Å². The molecule has 0 N–H and O–H groups in total. The zero-order valence-electron chi connectivity index (χ0n) is 7.85. The quantitative estimate of drug-likeness (QED) is 0.453. The Balaban J connectivity index is 0.000000385. The predicted octanol–water partition coefficient (Wildman–Crippen LogP) is 3.27. The van der Waals surface area contributed by atoms with Gasteiger partial charge in [-0.25, -0.2) is 0 Å². The summed E-state index contributed by atoms with van der Waals surface area (Å²) in [6.45, 7) is 1.76. The van der Waals surface area contributed by atoms with E-state index < -0.39 is 13.2 Å². The third-order valence-corrected chi connectivity index (χ3v) is 1.46. The Morgan fingerprint density at radius 2 is 1.69 bits per heavy atom. The van der Waals surface area contributed by atoms with Gasteiger partial charge in [-0.2, -0.15) is 8.42 Å². The van der Waals surface area contributed by atoms with Crippen LogP contribution in [0, 0.1) is 17.0 Å². The number of nitro benzene ring substituents is 1. The Kier molecular flexibility index (Phi) is 6.02. The maximum atomic E-state index is 10.3. The second-order valence-corrected chi connectivity index (χ2v) is 6.73. The average Bonchev–Trinajstić information content (AvgIpc) is 1.98. The molecule has 0 radical (unpaired) electrons. The van der Waals surface area contributed by atoms with Gasteiger partial charge in [0.15, 0.2) is 0 Å². The van der Waals surface area contributed by atoms with Crippen LogP contribution in [-0.4, -0.2) is 13.3 Å². The number of aryl methyl sites for hydroxylation is 1. The lowest BCUT2D eigenvalue weighted by Gasteiger charge is -1.94. The van der Waals surface area contributed by atoms with E-state index >= 15 is 0 Å². The van der Waals surface area contributed by atoms with Crippen molar-refractivity contribution >= 4 is 46.9 Å². The van der Waals surface area contributed by atoms with Crippen molar-refractivity contribution in [2.45, 2.75) is 6.92 Å². The van der Waals surface area contributed by atoms with Gasteiger partial charge in [0.25, 0.3) is 5.69 Å². The largest absolute Gasteiger partial charge is 0.317 e. The molecule has 0 saturated heterocycles. The number of benzene rings is 1. The highest BCUT2D eigenvalue weighted by molar-refractivity contribution is 8.31. The Morgan fingerprint density at radius 3 is 2.00 bits per heavy atom. The van der Waals surface area contributed by atoms with Crippen LogP contribution in [0.5, 0.6) is 0 Å². The molecule has 0 atom stereocenters. The number of nitrogens with zero attached hydrogens (tertiary/aromatic N) is 1. The van der Waals surface area contributed by atoms with Crippen molar-refractivity contribution < 1.29 is 13.3 Å². The molecule has 5 nitrogen and oxygen atoms in total. The van der Waals surface area contributed by atoms with Crippen LogP contribution in [0.15, 0.2) is 18.2 Å². The minimum Gasteiger partial charge on any atom is -0.258 e. The van der Waals surface area contributed by atoms with Crippen molar-refractivity contribution in [3.63, 3.8) is 0 Å². The standard InChI is InChI=1S/C7H6ClNO2.Cl2O2S/c1-5-2-6(8)4-7(3-5)9(10)11;1-5(2,3)4/h2-4H,1H3;. The van der Waals surface area contributed by atoms with Crippen molar-refractivity contribution in [2.75, 3.05) is 0 Å². The fourth-order valence-corrected chi connectivity index (χ4v) is 1.11. The Bertz CT molecular complexity index is 460. The van der Waals surface area contributed by atoms with Crippen molar-refractivity contribution in [1.29, 1.82) is 0 Å². The number of hydrogen-bond donors (Lipinski definition) is 0. The molecule has 9 heteroatoms. The van der Waals surface area contributed by atoms with Crippen molar-refractivity contribution in [3.05, 3.63) is 38.9 Å². The molecule has 1 aromatic rings. The first-order chi connectivity index (χ1) is 7.09. The smallest absolute Gasteiger partial charge is 0.258 e. The first-order valence-corrected chi connectivity index (χ1v) is 7.17. The molecule has 0 aromatic heterocycles. The molecular weight excluding hydrogens is 301 g/mol. The fourth-order valence-electron chi connectivity index (χ4n) is 0.822. The molecule has 0 heterocycles. The number of hydrogen-bond acceptors (Lipinski definition) is 4. The van der Waals surface area contributed by atoms with E-state index in [1.54, 1.807) is 13.0 Å². The number of non-ortho nitro benzene ring substituents is 1. The summed E-state index contributed by atoms with van der Waals surface area (Å²) in [6, 6.07) is 4.48. The maximum absolute atomic E-state index is 10.3. The topological polar surface area (TPSA) is 77.3 Å².